The van der Waals surface area contributed by atoms with Gasteiger partial charge in [0, 0.05) is 24.1 Å². The fraction of sp³-hybridized carbons (Fsp3) is 0.615. The largest absolute Gasteiger partial charge is 0.469 e. The van der Waals surface area contributed by atoms with Gasteiger partial charge in [0.1, 0.15) is 5.76 Å². The molecule has 1 amide bonds. The van der Waals surface area contributed by atoms with E-state index in [9.17, 15) is 9.90 Å². The summed E-state index contributed by atoms with van der Waals surface area (Å²) in [6, 6.07) is 3.76. The SMILES string of the molecule is O=C(NC[C@]1(O)CCSC1)[C@H]1C[C@H]1c1ccco1. The Balaban J connectivity index is 1.49. The molecule has 1 aliphatic heterocycles. The number of furan rings is 1. The fourth-order valence-corrected chi connectivity index (χ4v) is 3.72. The van der Waals surface area contributed by atoms with E-state index in [1.54, 1.807) is 18.0 Å². The van der Waals surface area contributed by atoms with Crippen LogP contribution in [0.3, 0.4) is 0 Å². The quantitative estimate of drug-likeness (QED) is 0.865. The lowest BCUT2D eigenvalue weighted by Gasteiger charge is -2.21. The van der Waals surface area contributed by atoms with Crippen molar-refractivity contribution in [2.45, 2.75) is 24.4 Å². The molecule has 2 fully saturated rings. The van der Waals surface area contributed by atoms with Crippen molar-refractivity contribution < 1.29 is 14.3 Å². The zero-order chi connectivity index (χ0) is 12.6. The van der Waals surface area contributed by atoms with E-state index < -0.39 is 5.60 Å². The highest BCUT2D eigenvalue weighted by molar-refractivity contribution is 7.99. The van der Waals surface area contributed by atoms with Crippen LogP contribution in [0.2, 0.25) is 0 Å². The van der Waals surface area contributed by atoms with Crippen LogP contribution >= 0.6 is 11.8 Å². The summed E-state index contributed by atoms with van der Waals surface area (Å²) in [6.45, 7) is 0.375. The Bertz CT molecular complexity index is 425. The average Bonchev–Trinajstić information content (AvgIpc) is 2.78. The van der Waals surface area contributed by atoms with Crippen molar-refractivity contribution >= 4 is 17.7 Å². The van der Waals surface area contributed by atoms with Crippen LogP contribution in [0, 0.1) is 5.92 Å². The van der Waals surface area contributed by atoms with E-state index in [1.807, 2.05) is 12.1 Å². The number of hydrogen-bond donors (Lipinski definition) is 2. The van der Waals surface area contributed by atoms with Crippen molar-refractivity contribution in [3.05, 3.63) is 24.2 Å². The van der Waals surface area contributed by atoms with Crippen LogP contribution in [-0.4, -0.2) is 34.7 Å². The third kappa shape index (κ3) is 2.42. The lowest BCUT2D eigenvalue weighted by atomic mass is 10.0. The standard InChI is InChI=1S/C13H17NO3S/c15-12(14-7-13(16)3-5-18-8-13)10-6-9(10)11-2-1-4-17-11/h1-2,4,9-10,16H,3,5-8H2,(H,14,15)/t9-,10+,13-/m1/s1. The Morgan fingerprint density at radius 1 is 1.67 bits per heavy atom. The Kier molecular flexibility index (Phi) is 3.11. The first kappa shape index (κ1) is 12.1. The molecule has 4 nitrogen and oxygen atoms in total. The molecule has 1 aromatic rings. The maximum atomic E-state index is 11.9. The lowest BCUT2D eigenvalue weighted by Crippen LogP contribution is -2.43. The first-order valence-electron chi connectivity index (χ1n) is 6.29. The van der Waals surface area contributed by atoms with Gasteiger partial charge in [-0.25, -0.2) is 0 Å². The third-order valence-corrected chi connectivity index (χ3v) is 4.94. The minimum atomic E-state index is -0.699. The molecule has 3 atom stereocenters. The minimum Gasteiger partial charge on any atom is -0.469 e. The number of thioether (sulfide) groups is 1. The number of carbonyl (C=O) groups excluding carboxylic acids is 1. The second-order valence-corrected chi connectivity index (χ2v) is 6.31. The Morgan fingerprint density at radius 3 is 3.22 bits per heavy atom. The van der Waals surface area contributed by atoms with Crippen molar-refractivity contribution in [3.8, 4) is 0 Å². The van der Waals surface area contributed by atoms with Gasteiger partial charge in [-0.15, -0.1) is 0 Å². The van der Waals surface area contributed by atoms with E-state index in [4.69, 9.17) is 4.42 Å². The molecule has 98 valence electrons. The van der Waals surface area contributed by atoms with E-state index in [1.165, 1.54) is 0 Å². The van der Waals surface area contributed by atoms with Crippen LogP contribution in [-0.2, 0) is 4.79 Å². The molecule has 0 radical (unpaired) electrons. The fourth-order valence-electron chi connectivity index (χ4n) is 2.42. The summed E-state index contributed by atoms with van der Waals surface area (Å²) in [6.07, 6.45) is 3.26. The molecular formula is C13H17NO3S. The Hall–Kier alpha value is -0.940. The predicted octanol–water partition coefficient (Wildman–Crippen LogP) is 1.37. The predicted molar refractivity (Wildman–Crippen MR) is 69.5 cm³/mol. The highest BCUT2D eigenvalue weighted by Crippen LogP contribution is 2.47. The third-order valence-electron chi connectivity index (χ3n) is 3.71. The number of rotatable bonds is 4. The summed E-state index contributed by atoms with van der Waals surface area (Å²) < 4.78 is 5.30. The Labute approximate surface area is 110 Å². The summed E-state index contributed by atoms with van der Waals surface area (Å²) in [5.41, 5.74) is -0.699. The molecule has 1 aromatic heterocycles. The van der Waals surface area contributed by atoms with Gasteiger partial charge in [0.2, 0.25) is 5.91 Å². The molecule has 0 bridgehead atoms. The highest BCUT2D eigenvalue weighted by atomic mass is 32.2. The minimum absolute atomic E-state index is 0.0220. The molecule has 1 aliphatic carbocycles. The zero-order valence-corrected chi connectivity index (χ0v) is 10.9. The van der Waals surface area contributed by atoms with Crippen LogP contribution in [0.1, 0.15) is 24.5 Å². The smallest absolute Gasteiger partial charge is 0.223 e. The molecule has 0 unspecified atom stereocenters. The van der Waals surface area contributed by atoms with Crippen molar-refractivity contribution in [3.63, 3.8) is 0 Å². The van der Waals surface area contributed by atoms with Crippen LogP contribution in [0.4, 0.5) is 0 Å². The molecule has 1 saturated heterocycles. The maximum Gasteiger partial charge on any atom is 0.223 e. The van der Waals surface area contributed by atoms with Crippen LogP contribution in [0.5, 0.6) is 0 Å². The monoisotopic (exact) mass is 267 g/mol. The van der Waals surface area contributed by atoms with Gasteiger partial charge >= 0.3 is 0 Å². The number of aliphatic hydroxyl groups is 1. The van der Waals surface area contributed by atoms with Gasteiger partial charge in [0.15, 0.2) is 0 Å². The molecule has 0 aromatic carbocycles. The average molecular weight is 267 g/mol. The van der Waals surface area contributed by atoms with Gasteiger partial charge in [0.05, 0.1) is 11.9 Å². The van der Waals surface area contributed by atoms with Gasteiger partial charge in [-0.05, 0) is 30.7 Å². The van der Waals surface area contributed by atoms with Crippen molar-refractivity contribution in [1.29, 1.82) is 0 Å². The maximum absolute atomic E-state index is 11.9. The van der Waals surface area contributed by atoms with E-state index >= 15 is 0 Å². The molecule has 1 saturated carbocycles. The number of amides is 1. The van der Waals surface area contributed by atoms with Crippen LogP contribution in [0.25, 0.3) is 0 Å². The first-order chi connectivity index (χ1) is 8.68. The summed E-state index contributed by atoms with van der Waals surface area (Å²) in [4.78, 5) is 11.9. The molecular weight excluding hydrogens is 250 g/mol. The molecule has 18 heavy (non-hydrogen) atoms. The molecule has 0 spiro atoms. The van der Waals surface area contributed by atoms with Crippen LogP contribution in [0.15, 0.2) is 22.8 Å². The van der Waals surface area contributed by atoms with Crippen LogP contribution < -0.4 is 5.32 Å². The summed E-state index contributed by atoms with van der Waals surface area (Å²) in [5, 5.41) is 13.0. The second kappa shape index (κ2) is 4.63. The number of nitrogens with one attached hydrogen (secondary N) is 1. The number of hydrogen-bond acceptors (Lipinski definition) is 4. The van der Waals surface area contributed by atoms with Crippen molar-refractivity contribution in [1.82, 2.24) is 5.32 Å². The molecule has 3 rings (SSSR count). The normalized spacial score (nSPS) is 34.5. The van der Waals surface area contributed by atoms with E-state index in [2.05, 4.69) is 5.32 Å². The van der Waals surface area contributed by atoms with E-state index in [-0.39, 0.29) is 17.7 Å². The molecule has 5 heteroatoms. The molecule has 2 aliphatic rings. The Morgan fingerprint density at radius 2 is 2.56 bits per heavy atom. The summed E-state index contributed by atoms with van der Waals surface area (Å²) in [7, 11) is 0. The van der Waals surface area contributed by atoms with Gasteiger partial charge < -0.3 is 14.8 Å². The second-order valence-electron chi connectivity index (χ2n) is 5.21. The van der Waals surface area contributed by atoms with E-state index in [0.29, 0.717) is 6.54 Å². The highest BCUT2D eigenvalue weighted by Gasteiger charge is 2.46. The van der Waals surface area contributed by atoms with Gasteiger partial charge in [-0.3, -0.25) is 4.79 Å². The first-order valence-corrected chi connectivity index (χ1v) is 7.45. The van der Waals surface area contributed by atoms with Crippen molar-refractivity contribution in [2.75, 3.05) is 18.1 Å². The number of carbonyl (C=O) groups is 1. The topological polar surface area (TPSA) is 62.5 Å². The lowest BCUT2D eigenvalue weighted by molar-refractivity contribution is -0.123. The summed E-state index contributed by atoms with van der Waals surface area (Å²) in [5.74, 6) is 2.89. The van der Waals surface area contributed by atoms with E-state index in [0.717, 1.165) is 30.1 Å². The van der Waals surface area contributed by atoms with Gasteiger partial charge in [-0.1, -0.05) is 0 Å². The molecule has 2 N–H and O–H groups in total. The van der Waals surface area contributed by atoms with Gasteiger partial charge in [-0.2, -0.15) is 11.8 Å². The van der Waals surface area contributed by atoms with Gasteiger partial charge in [0.25, 0.3) is 0 Å². The van der Waals surface area contributed by atoms with Crippen molar-refractivity contribution in [2.24, 2.45) is 5.92 Å². The summed E-state index contributed by atoms with van der Waals surface area (Å²) >= 11 is 1.74. The zero-order valence-electron chi connectivity index (χ0n) is 10.1. The molecule has 2 heterocycles.